The van der Waals surface area contributed by atoms with E-state index in [1.165, 1.54) is 0 Å². The highest BCUT2D eigenvalue weighted by molar-refractivity contribution is 9.11. The number of thiophene rings is 1. The third-order valence-corrected chi connectivity index (χ3v) is 3.15. The van der Waals surface area contributed by atoms with Crippen LogP contribution >= 0.6 is 27.3 Å². The number of hydrogen-bond donors (Lipinski definition) is 0. The lowest BCUT2D eigenvalue weighted by Gasteiger charge is -1.77. The van der Waals surface area contributed by atoms with Gasteiger partial charge in [-0.25, -0.2) is 0 Å². The van der Waals surface area contributed by atoms with Crippen molar-refractivity contribution in [3.8, 4) is 17.9 Å². The van der Waals surface area contributed by atoms with Crippen LogP contribution in [0.15, 0.2) is 9.85 Å². The Balaban J connectivity index is 3.00. The van der Waals surface area contributed by atoms with Gasteiger partial charge in [0.1, 0.15) is 0 Å². The summed E-state index contributed by atoms with van der Waals surface area (Å²) in [5, 5.41) is 8.17. The first-order valence-electron chi connectivity index (χ1n) is 2.90. The van der Waals surface area contributed by atoms with E-state index >= 15 is 0 Å². The van der Waals surface area contributed by atoms with Gasteiger partial charge in [-0.2, -0.15) is 5.26 Å². The molecule has 0 aliphatic heterocycles. The van der Waals surface area contributed by atoms with Crippen LogP contribution in [-0.4, -0.2) is 0 Å². The zero-order valence-corrected chi connectivity index (χ0v) is 8.21. The molecule has 0 amide bonds. The minimum atomic E-state index is 0.927. The standard InChI is InChI=1S/C8H4BrNS/c1-6-5-7(3-2-4-10)11-8(6)9/h5H,1H3. The van der Waals surface area contributed by atoms with Crippen molar-refractivity contribution >= 4 is 27.3 Å². The second-order valence-corrected chi connectivity index (χ2v) is 4.30. The molecule has 1 heterocycles. The molecule has 0 radical (unpaired) electrons. The van der Waals surface area contributed by atoms with Crippen LogP contribution in [0.25, 0.3) is 0 Å². The molecule has 11 heavy (non-hydrogen) atoms. The predicted molar refractivity (Wildman–Crippen MR) is 49.2 cm³/mol. The van der Waals surface area contributed by atoms with Crippen molar-refractivity contribution in [1.29, 1.82) is 5.26 Å². The molecule has 0 unspecified atom stereocenters. The van der Waals surface area contributed by atoms with Crippen LogP contribution in [0.5, 0.6) is 0 Å². The Labute approximate surface area is 77.8 Å². The Morgan fingerprint density at radius 3 is 2.82 bits per heavy atom. The van der Waals surface area contributed by atoms with E-state index < -0.39 is 0 Å². The van der Waals surface area contributed by atoms with Gasteiger partial charge in [-0.3, -0.25) is 0 Å². The van der Waals surface area contributed by atoms with Gasteiger partial charge in [-0.05, 0) is 40.4 Å². The highest BCUT2D eigenvalue weighted by atomic mass is 79.9. The summed E-state index contributed by atoms with van der Waals surface area (Å²) in [4.78, 5) is 0.927. The number of aryl methyl sites for hydroxylation is 1. The largest absolute Gasteiger partial charge is 0.183 e. The van der Waals surface area contributed by atoms with Crippen LogP contribution in [-0.2, 0) is 0 Å². The van der Waals surface area contributed by atoms with E-state index in [1.807, 2.05) is 13.0 Å². The van der Waals surface area contributed by atoms with E-state index in [2.05, 4.69) is 27.8 Å². The van der Waals surface area contributed by atoms with E-state index in [1.54, 1.807) is 17.4 Å². The Bertz CT molecular complexity index is 342. The normalized spacial score (nSPS) is 8.09. The zero-order valence-electron chi connectivity index (χ0n) is 5.81. The Morgan fingerprint density at radius 1 is 1.64 bits per heavy atom. The molecule has 1 aromatic heterocycles. The number of nitrogens with zero attached hydrogens (tertiary/aromatic N) is 1. The van der Waals surface area contributed by atoms with Crippen LogP contribution in [0, 0.1) is 30.1 Å². The first-order chi connectivity index (χ1) is 5.24. The molecule has 54 valence electrons. The van der Waals surface area contributed by atoms with E-state index in [-0.39, 0.29) is 0 Å². The molecule has 1 nitrogen and oxygen atoms in total. The first-order valence-corrected chi connectivity index (χ1v) is 4.51. The van der Waals surface area contributed by atoms with Crippen molar-refractivity contribution in [2.75, 3.05) is 0 Å². The van der Waals surface area contributed by atoms with Crippen molar-refractivity contribution in [1.82, 2.24) is 0 Å². The molecule has 0 fully saturated rings. The van der Waals surface area contributed by atoms with Gasteiger partial charge in [0.25, 0.3) is 0 Å². The lowest BCUT2D eigenvalue weighted by Crippen LogP contribution is -1.60. The molecule has 0 aliphatic rings. The van der Waals surface area contributed by atoms with E-state index in [9.17, 15) is 0 Å². The second-order valence-electron chi connectivity index (χ2n) is 1.93. The predicted octanol–water partition coefficient (Wildman–Crippen LogP) is 2.69. The van der Waals surface area contributed by atoms with Crippen molar-refractivity contribution in [3.63, 3.8) is 0 Å². The molecule has 0 atom stereocenters. The number of halogens is 1. The van der Waals surface area contributed by atoms with Crippen LogP contribution in [0.3, 0.4) is 0 Å². The smallest absolute Gasteiger partial charge is 0.152 e. The summed E-state index contributed by atoms with van der Waals surface area (Å²) in [5.41, 5.74) is 1.16. The van der Waals surface area contributed by atoms with Crippen LogP contribution in [0.1, 0.15) is 10.4 Å². The highest BCUT2D eigenvalue weighted by Gasteiger charge is 1.98. The van der Waals surface area contributed by atoms with Crippen molar-refractivity contribution in [3.05, 3.63) is 20.3 Å². The molecule has 1 aromatic rings. The van der Waals surface area contributed by atoms with Gasteiger partial charge in [-0.15, -0.1) is 11.3 Å². The van der Waals surface area contributed by atoms with E-state index in [0.29, 0.717) is 0 Å². The monoisotopic (exact) mass is 225 g/mol. The molecule has 0 aromatic carbocycles. The minimum Gasteiger partial charge on any atom is -0.183 e. The lowest BCUT2D eigenvalue weighted by molar-refractivity contribution is 1.52. The second kappa shape index (κ2) is 3.57. The fourth-order valence-corrected chi connectivity index (χ4v) is 2.00. The van der Waals surface area contributed by atoms with Gasteiger partial charge in [0.05, 0.1) is 8.66 Å². The van der Waals surface area contributed by atoms with Crippen LogP contribution < -0.4 is 0 Å². The molecular formula is C8H4BrNS. The third kappa shape index (κ3) is 2.08. The van der Waals surface area contributed by atoms with E-state index in [4.69, 9.17) is 5.26 Å². The van der Waals surface area contributed by atoms with Gasteiger partial charge < -0.3 is 0 Å². The molecular weight excluding hydrogens is 222 g/mol. The summed E-state index contributed by atoms with van der Waals surface area (Å²) >= 11 is 4.92. The van der Waals surface area contributed by atoms with Gasteiger partial charge in [0, 0.05) is 5.92 Å². The number of nitriles is 1. The SMILES string of the molecule is Cc1cc(C#CC#N)sc1Br. The summed E-state index contributed by atoms with van der Waals surface area (Å²) in [5.74, 6) is 5.08. The molecule has 3 heteroatoms. The van der Waals surface area contributed by atoms with Gasteiger partial charge in [0.15, 0.2) is 6.07 Å². The van der Waals surface area contributed by atoms with E-state index in [0.717, 1.165) is 14.2 Å². The summed E-state index contributed by atoms with van der Waals surface area (Å²) in [6.07, 6.45) is 0. The highest BCUT2D eigenvalue weighted by Crippen LogP contribution is 2.26. The first kappa shape index (κ1) is 8.33. The average molecular weight is 226 g/mol. The molecule has 1 rings (SSSR count). The third-order valence-electron chi connectivity index (χ3n) is 1.10. The van der Waals surface area contributed by atoms with Gasteiger partial charge >= 0.3 is 0 Å². The fourth-order valence-electron chi connectivity index (χ4n) is 0.611. The van der Waals surface area contributed by atoms with Gasteiger partial charge in [0.2, 0.25) is 0 Å². The molecule has 0 bridgehead atoms. The maximum atomic E-state index is 8.17. The maximum Gasteiger partial charge on any atom is 0.152 e. The lowest BCUT2D eigenvalue weighted by atomic mass is 10.3. The van der Waals surface area contributed by atoms with Gasteiger partial charge in [-0.1, -0.05) is 0 Å². The molecule has 0 aliphatic carbocycles. The maximum absolute atomic E-state index is 8.17. The average Bonchev–Trinajstić information content (AvgIpc) is 2.28. The molecule has 0 saturated heterocycles. The summed E-state index contributed by atoms with van der Waals surface area (Å²) in [6, 6.07) is 3.73. The number of rotatable bonds is 0. The topological polar surface area (TPSA) is 23.8 Å². The summed E-state index contributed by atoms with van der Waals surface area (Å²) in [6.45, 7) is 2.00. The summed E-state index contributed by atoms with van der Waals surface area (Å²) < 4.78 is 1.08. The van der Waals surface area contributed by atoms with Crippen LogP contribution in [0.2, 0.25) is 0 Å². The Hall–Kier alpha value is -0.770. The molecule has 0 spiro atoms. The molecule has 0 N–H and O–H groups in total. The van der Waals surface area contributed by atoms with Crippen molar-refractivity contribution in [2.24, 2.45) is 0 Å². The van der Waals surface area contributed by atoms with Crippen LogP contribution in [0.4, 0.5) is 0 Å². The number of hydrogen-bond acceptors (Lipinski definition) is 2. The Morgan fingerprint density at radius 2 is 2.36 bits per heavy atom. The summed E-state index contributed by atoms with van der Waals surface area (Å²) in [7, 11) is 0. The fraction of sp³-hybridized carbons (Fsp3) is 0.125. The zero-order chi connectivity index (χ0) is 8.27. The Kier molecular flexibility index (Phi) is 2.70. The van der Waals surface area contributed by atoms with Crippen molar-refractivity contribution < 1.29 is 0 Å². The van der Waals surface area contributed by atoms with Crippen molar-refractivity contribution in [2.45, 2.75) is 6.92 Å². The molecule has 0 saturated carbocycles. The minimum absolute atomic E-state index is 0.927. The quantitative estimate of drug-likeness (QED) is 0.624.